The lowest BCUT2D eigenvalue weighted by Crippen LogP contribution is -2.54. The van der Waals surface area contributed by atoms with Gasteiger partial charge in [-0.3, -0.25) is 29.6 Å². The van der Waals surface area contributed by atoms with Crippen molar-refractivity contribution in [1.82, 2.24) is 20.5 Å². The van der Waals surface area contributed by atoms with E-state index in [0.717, 1.165) is 11.1 Å². The first-order valence-electron chi connectivity index (χ1n) is 14.9. The van der Waals surface area contributed by atoms with Crippen LogP contribution in [0.5, 0.6) is 0 Å². The van der Waals surface area contributed by atoms with Gasteiger partial charge in [0.25, 0.3) is 10.1 Å². The van der Waals surface area contributed by atoms with Gasteiger partial charge in [0.1, 0.15) is 0 Å². The number of aromatic nitrogens is 2. The van der Waals surface area contributed by atoms with Gasteiger partial charge in [-0.25, -0.2) is 16.3 Å². The summed E-state index contributed by atoms with van der Waals surface area (Å²) in [6, 6.07) is 15.4. The molecule has 0 fully saturated rings. The minimum absolute atomic E-state index is 0.0169. The summed E-state index contributed by atoms with van der Waals surface area (Å²) in [6.45, 7) is 9.52. The van der Waals surface area contributed by atoms with E-state index in [1.807, 2.05) is 65.0 Å². The molecule has 2 aromatic carbocycles. The molecule has 0 aliphatic heterocycles. The predicted octanol–water partition coefficient (Wildman–Crippen LogP) is 4.21. The molecule has 3 aromatic rings. The van der Waals surface area contributed by atoms with Crippen molar-refractivity contribution in [3.63, 3.8) is 0 Å². The highest BCUT2D eigenvalue weighted by molar-refractivity contribution is 7.85. The van der Waals surface area contributed by atoms with E-state index in [0.29, 0.717) is 6.42 Å². The third-order valence-corrected chi connectivity index (χ3v) is 8.26. The fraction of sp³-hybridized carbons (Fsp3) is 0.394. The zero-order valence-electron chi connectivity index (χ0n) is 26.8. The number of hydroxylamine groups is 1. The van der Waals surface area contributed by atoms with Gasteiger partial charge in [0.15, 0.2) is 5.78 Å². The number of imidazole rings is 1. The molecule has 2 amide bonds. The third-order valence-electron chi connectivity index (χ3n) is 7.40. The van der Waals surface area contributed by atoms with E-state index in [1.54, 1.807) is 46.7 Å². The number of hydrogen-bond acceptors (Lipinski definition) is 8. The quantitative estimate of drug-likeness (QED) is 0.0556. The van der Waals surface area contributed by atoms with Gasteiger partial charge in [-0.1, -0.05) is 87.9 Å². The van der Waals surface area contributed by atoms with Crippen LogP contribution in [0, 0.1) is 36.0 Å². The number of nitrogens with zero attached hydrogens (tertiary/aromatic N) is 2. The Labute approximate surface area is 270 Å². The fourth-order valence-corrected chi connectivity index (χ4v) is 5.90. The number of nitrogens with one attached hydrogen (secondary N) is 2. The molecule has 1 heterocycles. The summed E-state index contributed by atoms with van der Waals surface area (Å²) in [7, 11) is -4.02. The molecule has 0 radical (unpaired) electrons. The van der Waals surface area contributed by atoms with Crippen LogP contribution < -0.4 is 16.7 Å². The minimum Gasteiger partial charge on any atom is -0.330 e. The monoisotopic (exact) mass is 655 g/mol. The van der Waals surface area contributed by atoms with E-state index in [1.165, 1.54) is 18.5 Å². The predicted molar refractivity (Wildman–Crippen MR) is 174 cm³/mol. The molecule has 0 aliphatic carbocycles. The molecule has 0 bridgehead atoms. The Kier molecular flexibility index (Phi) is 14.5. The lowest BCUT2D eigenvalue weighted by atomic mass is 9.61. The molecular weight excluding hydrogens is 610 g/mol. The van der Waals surface area contributed by atoms with E-state index in [-0.39, 0.29) is 35.5 Å². The Balaban J connectivity index is 0.000000562. The normalized spacial score (nSPS) is 14.2. The first-order valence-corrected chi connectivity index (χ1v) is 16.3. The van der Waals surface area contributed by atoms with Gasteiger partial charge in [-0.15, -0.1) is 0 Å². The number of nitrogens with two attached hydrogens (primary N) is 1. The third kappa shape index (κ3) is 11.0. The molecular formula is C33H45N5O7S. The summed E-state index contributed by atoms with van der Waals surface area (Å²) >= 11 is 0. The van der Waals surface area contributed by atoms with Crippen molar-refractivity contribution in [1.29, 1.82) is 0 Å². The van der Waals surface area contributed by atoms with Crippen molar-refractivity contribution in [2.75, 3.05) is 0 Å². The molecule has 13 heteroatoms. The van der Waals surface area contributed by atoms with Crippen LogP contribution in [0.3, 0.4) is 0 Å². The Morgan fingerprint density at radius 2 is 1.63 bits per heavy atom. The van der Waals surface area contributed by atoms with Crippen LogP contribution in [0.2, 0.25) is 0 Å². The summed E-state index contributed by atoms with van der Waals surface area (Å²) in [5, 5.41) is 9.75. The largest absolute Gasteiger partial charge is 0.330 e. The van der Waals surface area contributed by atoms with Crippen LogP contribution in [-0.2, 0) is 31.0 Å². The molecule has 3 atom stereocenters. The first kappa shape index (κ1) is 38.0. The minimum atomic E-state index is -4.02. The lowest BCUT2D eigenvalue weighted by molar-refractivity contribution is -0.151. The Morgan fingerprint density at radius 1 is 1.00 bits per heavy atom. The summed E-state index contributed by atoms with van der Waals surface area (Å²) < 4.78 is 31.2. The first-order chi connectivity index (χ1) is 21.6. The second-order valence-corrected chi connectivity index (χ2v) is 13.4. The highest BCUT2D eigenvalue weighted by Gasteiger charge is 2.52. The number of allylic oxidation sites excluding steroid dienone is 1. The molecule has 0 spiro atoms. The summed E-state index contributed by atoms with van der Waals surface area (Å²) in [6.07, 6.45) is 8.83. The maximum absolute atomic E-state index is 14.1. The van der Waals surface area contributed by atoms with Crippen molar-refractivity contribution >= 4 is 33.8 Å². The average molecular weight is 656 g/mol. The van der Waals surface area contributed by atoms with Crippen LogP contribution in [0.25, 0.3) is 6.08 Å². The van der Waals surface area contributed by atoms with Crippen LogP contribution in [0.15, 0.2) is 84.3 Å². The smallest absolute Gasteiger partial charge is 0.294 e. The number of Topliss-reactive ketones (excluding diaryl/α,β-unsaturated/α-hetero) is 1. The van der Waals surface area contributed by atoms with E-state index in [9.17, 15) is 28.0 Å². The molecule has 0 saturated heterocycles. The topological polar surface area (TPSA) is 194 Å². The summed E-state index contributed by atoms with van der Waals surface area (Å²) in [5.41, 5.74) is 4.25. The molecule has 0 saturated carbocycles. The Morgan fingerprint density at radius 3 is 2.11 bits per heavy atom. The van der Waals surface area contributed by atoms with Gasteiger partial charge in [0.2, 0.25) is 11.8 Å². The summed E-state index contributed by atoms with van der Waals surface area (Å²) in [5.74, 6) is 1.70. The van der Waals surface area contributed by atoms with Crippen LogP contribution >= 0.6 is 0 Å². The van der Waals surface area contributed by atoms with Gasteiger partial charge in [0.05, 0.1) is 35.0 Å². The molecule has 1 aromatic heterocycles. The zero-order chi connectivity index (χ0) is 34.5. The molecule has 1 unspecified atom stereocenters. The lowest BCUT2D eigenvalue weighted by Gasteiger charge is -2.41. The van der Waals surface area contributed by atoms with Gasteiger partial charge in [0, 0.05) is 12.4 Å². The van der Waals surface area contributed by atoms with Crippen molar-refractivity contribution in [3.05, 3.63) is 90.5 Å². The van der Waals surface area contributed by atoms with Gasteiger partial charge < -0.3 is 4.57 Å². The van der Waals surface area contributed by atoms with E-state index >= 15 is 0 Å². The molecule has 46 heavy (non-hydrogen) atoms. The van der Waals surface area contributed by atoms with E-state index in [4.69, 9.17) is 10.4 Å². The SMILES string of the molecule is CC(C)C[C@@H](C(=O)NN)[C@H](C(=O)NO)C(/C=C/c1ccccc1)(CC(C)C)C(=O)Cn1ccnc1.Cc1ccc(S(=O)(=O)O)cc1. The number of rotatable bonds is 14. The molecule has 6 N–H and O–H groups in total. The number of carbonyl (C=O) groups excluding carboxylic acids is 3. The molecule has 0 aliphatic rings. The number of aryl methyl sites for hydroxylation is 1. The van der Waals surface area contributed by atoms with Crippen molar-refractivity contribution < 1.29 is 32.6 Å². The number of benzene rings is 2. The standard InChI is InChI=1S/C26H37N5O4.C7H8O3S/c1-18(2)14-21(24(33)29-27)23(25(34)30-35)26(15-19(3)4,11-10-20-8-6-5-7-9-20)22(32)16-31-13-12-28-17-31;1-6-2-4-7(5-3-6)11(8,9)10/h5-13,17-19,21,23,35H,14-16,27H2,1-4H3,(H,29,33)(H,30,34);2-5H,1H3,(H,8,9,10)/b11-10+;/t21-,23-,26?;/m1./s1. The number of hydrogen-bond donors (Lipinski definition) is 5. The number of amides is 2. The Hall–Kier alpha value is -4.17. The van der Waals surface area contributed by atoms with Crippen molar-refractivity contribution in [2.24, 2.45) is 34.9 Å². The van der Waals surface area contributed by atoms with Crippen molar-refractivity contribution in [2.45, 2.75) is 58.9 Å². The van der Waals surface area contributed by atoms with Crippen molar-refractivity contribution in [3.8, 4) is 0 Å². The molecule has 12 nitrogen and oxygen atoms in total. The maximum atomic E-state index is 14.1. The highest BCUT2D eigenvalue weighted by Crippen LogP contribution is 2.44. The maximum Gasteiger partial charge on any atom is 0.294 e. The van der Waals surface area contributed by atoms with Crippen LogP contribution in [0.4, 0.5) is 0 Å². The van der Waals surface area contributed by atoms with Gasteiger partial charge in [-0.2, -0.15) is 8.42 Å². The molecule has 3 rings (SSSR count). The Bertz CT molecular complexity index is 1540. The van der Waals surface area contributed by atoms with Crippen LogP contribution in [-0.4, -0.2) is 45.3 Å². The second-order valence-electron chi connectivity index (χ2n) is 12.0. The number of carbonyl (C=O) groups is 3. The van der Waals surface area contributed by atoms with E-state index in [2.05, 4.69) is 10.4 Å². The summed E-state index contributed by atoms with van der Waals surface area (Å²) in [4.78, 5) is 44.4. The average Bonchev–Trinajstić information content (AvgIpc) is 3.52. The number of hydrazine groups is 1. The highest BCUT2D eigenvalue weighted by atomic mass is 32.2. The number of ketones is 1. The van der Waals surface area contributed by atoms with Crippen LogP contribution in [0.1, 0.15) is 51.7 Å². The zero-order valence-corrected chi connectivity index (χ0v) is 27.6. The second kappa shape index (κ2) is 17.5. The van der Waals surface area contributed by atoms with Gasteiger partial charge >= 0.3 is 0 Å². The van der Waals surface area contributed by atoms with E-state index < -0.39 is 39.2 Å². The molecule has 250 valence electrons. The fourth-order valence-electron chi connectivity index (χ4n) is 5.42. The van der Waals surface area contributed by atoms with Gasteiger partial charge in [-0.05, 0) is 49.3 Å².